The minimum atomic E-state index is -3.62. The second kappa shape index (κ2) is 6.47. The topological polar surface area (TPSA) is 92.4 Å². The third-order valence-electron chi connectivity index (χ3n) is 3.37. The van der Waals surface area contributed by atoms with Crippen molar-refractivity contribution in [1.82, 2.24) is 5.32 Å². The molecule has 0 fully saturated rings. The van der Waals surface area contributed by atoms with E-state index >= 15 is 0 Å². The molecule has 4 N–H and O–H groups in total. The monoisotopic (exact) mass is 286 g/mol. The van der Waals surface area contributed by atoms with Gasteiger partial charge in [-0.05, 0) is 24.1 Å². The van der Waals surface area contributed by atoms with Crippen LogP contribution in [0.4, 0.5) is 0 Å². The van der Waals surface area contributed by atoms with Gasteiger partial charge in [0.1, 0.15) is 0 Å². The third kappa shape index (κ3) is 4.91. The van der Waals surface area contributed by atoms with Crippen molar-refractivity contribution in [3.05, 3.63) is 29.8 Å². The molecule has 0 heterocycles. The van der Waals surface area contributed by atoms with E-state index in [0.29, 0.717) is 13.1 Å². The van der Waals surface area contributed by atoms with E-state index in [-0.39, 0.29) is 16.9 Å². The third-order valence-corrected chi connectivity index (χ3v) is 4.30. The zero-order valence-electron chi connectivity index (χ0n) is 11.4. The van der Waals surface area contributed by atoms with Crippen molar-refractivity contribution in [3.63, 3.8) is 0 Å². The van der Waals surface area contributed by atoms with Crippen molar-refractivity contribution in [2.24, 2.45) is 10.6 Å². The number of nitrogens with one attached hydrogen (secondary N) is 1. The van der Waals surface area contributed by atoms with E-state index in [1.165, 1.54) is 12.1 Å². The Morgan fingerprint density at radius 3 is 2.32 bits per heavy atom. The van der Waals surface area contributed by atoms with Crippen LogP contribution in [0.5, 0.6) is 0 Å². The van der Waals surface area contributed by atoms with Crippen LogP contribution in [0.3, 0.4) is 0 Å². The fraction of sp³-hybridized carbons (Fsp3) is 0.538. The standard InChI is InChI=1S/C13H22N2O3S/c1-3-13(2,10-16)9-15-8-11-4-6-12(7-5-11)19(14,17)18/h4-7,15-16H,3,8-10H2,1-2H3,(H2,14,17,18). The van der Waals surface area contributed by atoms with Crippen LogP contribution in [0.25, 0.3) is 0 Å². The van der Waals surface area contributed by atoms with Crippen LogP contribution in [0.15, 0.2) is 29.2 Å². The highest BCUT2D eigenvalue weighted by Gasteiger charge is 2.20. The first-order valence-electron chi connectivity index (χ1n) is 6.24. The molecular formula is C13H22N2O3S. The summed E-state index contributed by atoms with van der Waals surface area (Å²) >= 11 is 0. The Balaban J connectivity index is 2.56. The Kier molecular flexibility index (Phi) is 5.49. The van der Waals surface area contributed by atoms with Gasteiger partial charge in [0.25, 0.3) is 0 Å². The predicted octanol–water partition coefficient (Wildman–Crippen LogP) is 0.832. The lowest BCUT2D eigenvalue weighted by molar-refractivity contribution is 0.135. The maximum atomic E-state index is 11.1. The number of hydrogen-bond acceptors (Lipinski definition) is 4. The Morgan fingerprint density at radius 1 is 1.32 bits per heavy atom. The summed E-state index contributed by atoms with van der Waals surface area (Å²) in [4.78, 5) is 0.116. The van der Waals surface area contributed by atoms with Crippen molar-refractivity contribution in [2.45, 2.75) is 31.7 Å². The maximum absolute atomic E-state index is 11.1. The van der Waals surface area contributed by atoms with Gasteiger partial charge in [0.05, 0.1) is 4.90 Å². The summed E-state index contributed by atoms with van der Waals surface area (Å²) in [6.45, 7) is 5.53. The molecule has 5 nitrogen and oxygen atoms in total. The maximum Gasteiger partial charge on any atom is 0.238 e. The van der Waals surface area contributed by atoms with Gasteiger partial charge in [-0.1, -0.05) is 26.0 Å². The molecule has 1 rings (SSSR count). The fourth-order valence-electron chi connectivity index (χ4n) is 1.60. The molecule has 0 bridgehead atoms. The zero-order chi connectivity index (χ0) is 14.5. The van der Waals surface area contributed by atoms with Crippen LogP contribution >= 0.6 is 0 Å². The molecule has 0 spiro atoms. The van der Waals surface area contributed by atoms with E-state index in [1.807, 2.05) is 13.8 Å². The molecule has 0 aliphatic carbocycles. The van der Waals surface area contributed by atoms with E-state index in [4.69, 9.17) is 5.14 Å². The molecule has 0 aromatic heterocycles. The Bertz CT molecular complexity index is 493. The average Bonchev–Trinajstić information content (AvgIpc) is 2.38. The van der Waals surface area contributed by atoms with Crippen LogP contribution in [0.1, 0.15) is 25.8 Å². The minimum Gasteiger partial charge on any atom is -0.396 e. The SMILES string of the molecule is CCC(C)(CO)CNCc1ccc(S(N)(=O)=O)cc1. The Morgan fingerprint density at radius 2 is 1.89 bits per heavy atom. The van der Waals surface area contributed by atoms with Crippen molar-refractivity contribution in [1.29, 1.82) is 0 Å². The number of sulfonamides is 1. The summed E-state index contributed by atoms with van der Waals surface area (Å²) < 4.78 is 22.2. The van der Waals surface area contributed by atoms with Gasteiger partial charge >= 0.3 is 0 Å². The lowest BCUT2D eigenvalue weighted by Gasteiger charge is -2.25. The lowest BCUT2D eigenvalue weighted by atomic mass is 9.88. The van der Waals surface area contributed by atoms with Gasteiger partial charge in [-0.3, -0.25) is 0 Å². The highest BCUT2D eigenvalue weighted by atomic mass is 32.2. The number of hydrogen-bond donors (Lipinski definition) is 3. The average molecular weight is 286 g/mol. The van der Waals surface area contributed by atoms with Gasteiger partial charge in [0, 0.05) is 25.1 Å². The molecule has 1 aromatic rings. The van der Waals surface area contributed by atoms with Gasteiger partial charge in [-0.25, -0.2) is 13.6 Å². The summed E-state index contributed by atoms with van der Waals surface area (Å²) in [6, 6.07) is 6.46. The molecule has 0 amide bonds. The summed E-state index contributed by atoms with van der Waals surface area (Å²) in [7, 11) is -3.62. The molecule has 0 saturated carbocycles. The molecule has 6 heteroatoms. The molecule has 108 valence electrons. The zero-order valence-corrected chi connectivity index (χ0v) is 12.2. The molecule has 0 aliphatic heterocycles. The first-order valence-corrected chi connectivity index (χ1v) is 7.79. The summed E-state index contributed by atoms with van der Waals surface area (Å²) in [5, 5.41) is 17.6. The molecule has 0 saturated heterocycles. The van der Waals surface area contributed by atoms with Crippen molar-refractivity contribution in [3.8, 4) is 0 Å². The van der Waals surface area contributed by atoms with Crippen LogP contribution < -0.4 is 10.5 Å². The number of benzene rings is 1. The van der Waals surface area contributed by atoms with E-state index in [9.17, 15) is 13.5 Å². The largest absolute Gasteiger partial charge is 0.396 e. The van der Waals surface area contributed by atoms with Crippen LogP contribution in [0.2, 0.25) is 0 Å². The van der Waals surface area contributed by atoms with Gasteiger partial charge < -0.3 is 10.4 Å². The second-order valence-corrected chi connectivity index (χ2v) is 6.68. The van der Waals surface area contributed by atoms with Crippen molar-refractivity contribution >= 4 is 10.0 Å². The molecule has 19 heavy (non-hydrogen) atoms. The van der Waals surface area contributed by atoms with E-state index in [0.717, 1.165) is 12.0 Å². The summed E-state index contributed by atoms with van der Waals surface area (Å²) in [5.41, 5.74) is 0.851. The van der Waals surface area contributed by atoms with Gasteiger partial charge in [-0.15, -0.1) is 0 Å². The smallest absolute Gasteiger partial charge is 0.238 e. The normalized spacial score (nSPS) is 15.2. The highest BCUT2D eigenvalue weighted by molar-refractivity contribution is 7.89. The van der Waals surface area contributed by atoms with Crippen LogP contribution in [-0.4, -0.2) is 26.7 Å². The van der Waals surface area contributed by atoms with E-state index < -0.39 is 10.0 Å². The molecule has 1 unspecified atom stereocenters. The number of primary sulfonamides is 1. The van der Waals surface area contributed by atoms with Crippen LogP contribution in [-0.2, 0) is 16.6 Å². The Hall–Kier alpha value is -0.950. The van der Waals surface area contributed by atoms with E-state index in [1.54, 1.807) is 12.1 Å². The molecular weight excluding hydrogens is 264 g/mol. The summed E-state index contributed by atoms with van der Waals surface area (Å²) in [5.74, 6) is 0. The van der Waals surface area contributed by atoms with Gasteiger partial charge in [-0.2, -0.15) is 0 Å². The van der Waals surface area contributed by atoms with Crippen molar-refractivity contribution in [2.75, 3.05) is 13.2 Å². The molecule has 0 aliphatic rings. The minimum absolute atomic E-state index is 0.116. The molecule has 1 atom stereocenters. The predicted molar refractivity (Wildman–Crippen MR) is 75.0 cm³/mol. The lowest BCUT2D eigenvalue weighted by Crippen LogP contribution is -2.34. The first kappa shape index (κ1) is 16.1. The van der Waals surface area contributed by atoms with E-state index in [2.05, 4.69) is 5.32 Å². The number of aliphatic hydroxyl groups is 1. The van der Waals surface area contributed by atoms with Gasteiger partial charge in [0.2, 0.25) is 10.0 Å². The number of aliphatic hydroxyl groups excluding tert-OH is 1. The number of rotatable bonds is 7. The molecule has 1 aromatic carbocycles. The summed E-state index contributed by atoms with van der Waals surface area (Å²) in [6.07, 6.45) is 0.890. The quantitative estimate of drug-likeness (QED) is 0.692. The van der Waals surface area contributed by atoms with Crippen molar-refractivity contribution < 1.29 is 13.5 Å². The highest BCUT2D eigenvalue weighted by Crippen LogP contribution is 2.18. The van der Waals surface area contributed by atoms with Crippen LogP contribution in [0, 0.1) is 5.41 Å². The van der Waals surface area contributed by atoms with Gasteiger partial charge in [0.15, 0.2) is 0 Å². The number of nitrogens with two attached hydrogens (primary N) is 1. The molecule has 0 radical (unpaired) electrons. The Labute approximate surface area is 114 Å². The fourth-order valence-corrected chi connectivity index (χ4v) is 2.11. The first-order chi connectivity index (χ1) is 8.80. The second-order valence-electron chi connectivity index (χ2n) is 5.11.